The van der Waals surface area contributed by atoms with Crippen molar-refractivity contribution < 1.29 is 17.9 Å². The van der Waals surface area contributed by atoms with Gasteiger partial charge in [0.15, 0.2) is 0 Å². The number of sulfonamides is 1. The van der Waals surface area contributed by atoms with Crippen LogP contribution < -0.4 is 4.74 Å². The number of thiazole rings is 1. The molecule has 0 bridgehead atoms. The molecule has 4 rings (SSSR count). The predicted octanol–water partition coefficient (Wildman–Crippen LogP) is 3.83. The standard InChI is InChI=1S/C22H22ClN3O4S2/c1-16-24-18(15-31-16)14-30-19-6-4-5-17(13-19)22(27)25-9-11-26(12-10-25)32(28,29)21-8-3-2-7-20(21)23/h2-8,13,15H,9-12,14H2,1H3. The van der Waals surface area contributed by atoms with E-state index < -0.39 is 10.0 Å². The third-order valence-corrected chi connectivity index (χ3v) is 8.34. The van der Waals surface area contributed by atoms with Crippen LogP contribution in [0.3, 0.4) is 0 Å². The molecular formula is C22H22ClN3O4S2. The summed E-state index contributed by atoms with van der Waals surface area (Å²) in [4.78, 5) is 19.1. The maximum atomic E-state index is 13.0. The van der Waals surface area contributed by atoms with Crippen molar-refractivity contribution in [1.29, 1.82) is 0 Å². The normalized spacial score (nSPS) is 15.0. The molecule has 0 atom stereocenters. The number of benzene rings is 2. The van der Waals surface area contributed by atoms with Crippen molar-refractivity contribution >= 4 is 38.9 Å². The summed E-state index contributed by atoms with van der Waals surface area (Å²) < 4.78 is 33.0. The van der Waals surface area contributed by atoms with Gasteiger partial charge in [0, 0.05) is 37.1 Å². The summed E-state index contributed by atoms with van der Waals surface area (Å²) in [6, 6.07) is 13.4. The van der Waals surface area contributed by atoms with E-state index in [4.69, 9.17) is 16.3 Å². The molecule has 1 amide bonds. The lowest BCUT2D eigenvalue weighted by Gasteiger charge is -2.34. The summed E-state index contributed by atoms with van der Waals surface area (Å²) >= 11 is 7.64. The van der Waals surface area contributed by atoms with E-state index in [0.29, 0.717) is 31.0 Å². The number of aryl methyl sites for hydroxylation is 1. The Morgan fingerprint density at radius 3 is 2.56 bits per heavy atom. The summed E-state index contributed by atoms with van der Waals surface area (Å²) in [6.45, 7) is 3.28. The molecule has 7 nitrogen and oxygen atoms in total. The van der Waals surface area contributed by atoms with E-state index in [2.05, 4.69) is 4.98 Å². The molecule has 2 aromatic carbocycles. The second-order valence-corrected chi connectivity index (χ2v) is 10.7. The zero-order valence-electron chi connectivity index (χ0n) is 17.4. The lowest BCUT2D eigenvalue weighted by molar-refractivity contribution is 0.0697. The van der Waals surface area contributed by atoms with Gasteiger partial charge in [0.05, 0.1) is 15.7 Å². The van der Waals surface area contributed by atoms with Gasteiger partial charge in [0.25, 0.3) is 5.91 Å². The van der Waals surface area contributed by atoms with Crippen molar-refractivity contribution in [2.24, 2.45) is 0 Å². The number of piperazine rings is 1. The Morgan fingerprint density at radius 1 is 1.12 bits per heavy atom. The number of carbonyl (C=O) groups excluding carboxylic acids is 1. The van der Waals surface area contributed by atoms with E-state index in [9.17, 15) is 13.2 Å². The van der Waals surface area contributed by atoms with Crippen LogP contribution in [0, 0.1) is 6.92 Å². The number of halogens is 1. The molecule has 0 spiro atoms. The monoisotopic (exact) mass is 491 g/mol. The van der Waals surface area contributed by atoms with Crippen molar-refractivity contribution in [2.45, 2.75) is 18.4 Å². The number of rotatable bonds is 6. The zero-order valence-corrected chi connectivity index (χ0v) is 19.8. The Balaban J connectivity index is 1.39. The van der Waals surface area contributed by atoms with Crippen molar-refractivity contribution in [3.05, 3.63) is 75.2 Å². The third kappa shape index (κ3) is 4.96. The van der Waals surface area contributed by atoms with Crippen LogP contribution in [0.5, 0.6) is 5.75 Å². The number of nitrogens with zero attached hydrogens (tertiary/aromatic N) is 3. The fourth-order valence-electron chi connectivity index (χ4n) is 3.46. The van der Waals surface area contributed by atoms with Crippen molar-refractivity contribution in [1.82, 2.24) is 14.2 Å². The molecule has 1 saturated heterocycles. The van der Waals surface area contributed by atoms with Gasteiger partial charge in [-0.25, -0.2) is 13.4 Å². The molecule has 0 aliphatic carbocycles. The average Bonchev–Trinajstić information content (AvgIpc) is 3.23. The van der Waals surface area contributed by atoms with Gasteiger partial charge in [-0.3, -0.25) is 4.79 Å². The van der Waals surface area contributed by atoms with Gasteiger partial charge in [0.1, 0.15) is 17.3 Å². The lowest BCUT2D eigenvalue weighted by Crippen LogP contribution is -2.50. The van der Waals surface area contributed by atoms with E-state index in [0.717, 1.165) is 10.7 Å². The Kier molecular flexibility index (Phi) is 6.80. The molecular weight excluding hydrogens is 470 g/mol. The summed E-state index contributed by atoms with van der Waals surface area (Å²) in [5.41, 5.74) is 1.35. The number of carbonyl (C=O) groups is 1. The first kappa shape index (κ1) is 22.7. The first-order valence-electron chi connectivity index (χ1n) is 10.0. The molecule has 0 unspecified atom stereocenters. The largest absolute Gasteiger partial charge is 0.487 e. The smallest absolute Gasteiger partial charge is 0.254 e. The van der Waals surface area contributed by atoms with Crippen LogP contribution >= 0.6 is 22.9 Å². The zero-order chi connectivity index (χ0) is 22.7. The highest BCUT2D eigenvalue weighted by molar-refractivity contribution is 7.89. The summed E-state index contributed by atoms with van der Waals surface area (Å²) in [5, 5.41) is 3.11. The second-order valence-electron chi connectivity index (χ2n) is 7.30. The number of hydrogen-bond acceptors (Lipinski definition) is 6. The summed E-state index contributed by atoms with van der Waals surface area (Å²) in [5.74, 6) is 0.427. The van der Waals surface area contributed by atoms with Gasteiger partial charge in [-0.05, 0) is 37.3 Å². The predicted molar refractivity (Wildman–Crippen MR) is 124 cm³/mol. The van der Waals surface area contributed by atoms with Crippen LogP contribution in [-0.2, 0) is 16.6 Å². The van der Waals surface area contributed by atoms with Crippen LogP contribution in [0.1, 0.15) is 21.1 Å². The SMILES string of the molecule is Cc1nc(COc2cccc(C(=O)N3CCN(S(=O)(=O)c4ccccc4Cl)CC3)c2)cs1. The minimum atomic E-state index is -3.71. The van der Waals surface area contributed by atoms with Crippen LogP contribution in [-0.4, -0.2) is 54.7 Å². The highest BCUT2D eigenvalue weighted by Crippen LogP contribution is 2.25. The van der Waals surface area contributed by atoms with Crippen LogP contribution in [0.4, 0.5) is 0 Å². The fraction of sp³-hybridized carbons (Fsp3) is 0.273. The van der Waals surface area contributed by atoms with Crippen LogP contribution in [0.25, 0.3) is 0 Å². The molecule has 1 fully saturated rings. The number of hydrogen-bond donors (Lipinski definition) is 0. The Labute approximate surface area is 196 Å². The molecule has 2 heterocycles. The highest BCUT2D eigenvalue weighted by atomic mass is 35.5. The molecule has 1 aliphatic heterocycles. The molecule has 1 aromatic heterocycles. The molecule has 168 valence electrons. The van der Waals surface area contributed by atoms with Gasteiger partial charge in [-0.2, -0.15) is 4.31 Å². The number of ether oxygens (including phenoxy) is 1. The van der Waals surface area contributed by atoms with Crippen molar-refractivity contribution in [2.75, 3.05) is 26.2 Å². The average molecular weight is 492 g/mol. The molecule has 0 N–H and O–H groups in total. The lowest BCUT2D eigenvalue weighted by atomic mass is 10.1. The molecule has 0 saturated carbocycles. The Bertz CT molecular complexity index is 1220. The highest BCUT2D eigenvalue weighted by Gasteiger charge is 2.31. The van der Waals surface area contributed by atoms with Crippen molar-refractivity contribution in [3.63, 3.8) is 0 Å². The van der Waals surface area contributed by atoms with E-state index in [1.54, 1.807) is 58.7 Å². The maximum Gasteiger partial charge on any atom is 0.254 e. The van der Waals surface area contributed by atoms with Crippen LogP contribution in [0.2, 0.25) is 5.02 Å². The van der Waals surface area contributed by atoms with Crippen molar-refractivity contribution in [3.8, 4) is 5.75 Å². The van der Waals surface area contributed by atoms with Gasteiger partial charge in [-0.15, -0.1) is 11.3 Å². The maximum absolute atomic E-state index is 13.0. The second kappa shape index (κ2) is 9.58. The third-order valence-electron chi connectivity index (χ3n) is 5.11. The topological polar surface area (TPSA) is 79.8 Å². The Hall–Kier alpha value is -2.46. The quantitative estimate of drug-likeness (QED) is 0.523. The molecule has 32 heavy (non-hydrogen) atoms. The molecule has 3 aromatic rings. The minimum absolute atomic E-state index is 0.0848. The summed E-state index contributed by atoms with van der Waals surface area (Å²) in [7, 11) is -3.71. The van der Waals surface area contributed by atoms with E-state index >= 15 is 0 Å². The number of aromatic nitrogens is 1. The van der Waals surface area contributed by atoms with Gasteiger partial charge in [0.2, 0.25) is 10.0 Å². The first-order chi connectivity index (χ1) is 15.3. The van der Waals surface area contributed by atoms with Gasteiger partial charge in [-0.1, -0.05) is 29.8 Å². The molecule has 0 radical (unpaired) electrons. The van der Waals surface area contributed by atoms with Gasteiger partial charge < -0.3 is 9.64 Å². The van der Waals surface area contributed by atoms with E-state index in [1.807, 2.05) is 12.3 Å². The van der Waals surface area contributed by atoms with Crippen LogP contribution in [0.15, 0.2) is 58.8 Å². The minimum Gasteiger partial charge on any atom is -0.487 e. The van der Waals surface area contributed by atoms with Gasteiger partial charge >= 0.3 is 0 Å². The molecule has 1 aliphatic rings. The number of amides is 1. The first-order valence-corrected chi connectivity index (χ1v) is 12.7. The fourth-order valence-corrected chi connectivity index (χ4v) is 5.97. The molecule has 10 heteroatoms. The van der Waals surface area contributed by atoms with E-state index in [-0.39, 0.29) is 28.9 Å². The van der Waals surface area contributed by atoms with E-state index in [1.165, 1.54) is 10.4 Å². The summed E-state index contributed by atoms with van der Waals surface area (Å²) in [6.07, 6.45) is 0. The Morgan fingerprint density at radius 2 is 1.88 bits per heavy atom.